The second-order valence-corrected chi connectivity index (χ2v) is 3.62. The molecule has 0 aliphatic carbocycles. The Hall–Kier alpha value is -1.26. The summed E-state index contributed by atoms with van der Waals surface area (Å²) in [5.41, 5.74) is 0.755. The molecule has 96 valence electrons. The second kappa shape index (κ2) is 7.92. The summed E-state index contributed by atoms with van der Waals surface area (Å²) in [6, 6.07) is 5.45. The monoisotopic (exact) mass is 240 g/mol. The molecule has 1 rings (SSSR count). The second-order valence-electron chi connectivity index (χ2n) is 3.62. The van der Waals surface area contributed by atoms with Gasteiger partial charge in [-0.3, -0.25) is 0 Å². The van der Waals surface area contributed by atoms with E-state index < -0.39 is 0 Å². The third-order valence-electron chi connectivity index (χ3n) is 2.23. The zero-order chi connectivity index (χ0) is 12.5. The first-order valence-electron chi connectivity index (χ1n) is 5.80. The third kappa shape index (κ3) is 4.63. The molecule has 0 aliphatic heterocycles. The van der Waals surface area contributed by atoms with Gasteiger partial charge in [0.05, 0.1) is 19.8 Å². The van der Waals surface area contributed by atoms with Crippen molar-refractivity contribution in [1.82, 2.24) is 0 Å². The van der Waals surface area contributed by atoms with Gasteiger partial charge in [0.1, 0.15) is 18.1 Å². The number of benzene rings is 1. The van der Waals surface area contributed by atoms with Crippen molar-refractivity contribution in [2.24, 2.45) is 0 Å². The number of ether oxygens (including phenoxy) is 3. The summed E-state index contributed by atoms with van der Waals surface area (Å²) in [6.45, 7) is 3.66. The number of hydrogen-bond donors (Lipinski definition) is 1. The van der Waals surface area contributed by atoms with Crippen molar-refractivity contribution in [3.05, 3.63) is 23.8 Å². The largest absolute Gasteiger partial charge is 0.493 e. The van der Waals surface area contributed by atoms with Crippen molar-refractivity contribution < 1.29 is 19.3 Å². The smallest absolute Gasteiger partial charge is 0.128 e. The average molecular weight is 240 g/mol. The van der Waals surface area contributed by atoms with Crippen LogP contribution in [0.15, 0.2) is 18.2 Å². The van der Waals surface area contributed by atoms with Crippen molar-refractivity contribution in [3.8, 4) is 11.5 Å². The standard InChI is InChI=1S/C13H20O4/c1-3-6-16-12-5-4-11(10-14)13(9-12)17-8-7-15-2/h4-5,9,14H,3,6-8,10H2,1-2H3. The zero-order valence-electron chi connectivity index (χ0n) is 10.4. The maximum absolute atomic E-state index is 9.19. The molecular formula is C13H20O4. The van der Waals surface area contributed by atoms with Crippen LogP contribution in [0.1, 0.15) is 18.9 Å². The first-order chi connectivity index (χ1) is 8.31. The van der Waals surface area contributed by atoms with Crippen molar-refractivity contribution in [1.29, 1.82) is 0 Å². The minimum atomic E-state index is -0.0453. The van der Waals surface area contributed by atoms with Crippen molar-refractivity contribution in [2.75, 3.05) is 26.9 Å². The lowest BCUT2D eigenvalue weighted by Gasteiger charge is -2.12. The molecule has 4 heteroatoms. The van der Waals surface area contributed by atoms with Crippen LogP contribution in [0.5, 0.6) is 11.5 Å². The van der Waals surface area contributed by atoms with E-state index in [9.17, 15) is 5.11 Å². The molecule has 0 aromatic heterocycles. The van der Waals surface area contributed by atoms with Crippen LogP contribution in [0.25, 0.3) is 0 Å². The van der Waals surface area contributed by atoms with Crippen LogP contribution < -0.4 is 9.47 Å². The summed E-state index contributed by atoms with van der Waals surface area (Å²) in [5, 5.41) is 9.19. The Bertz CT molecular complexity index is 325. The Morgan fingerprint density at radius 1 is 1.12 bits per heavy atom. The van der Waals surface area contributed by atoms with Crippen LogP contribution in [-0.2, 0) is 11.3 Å². The molecule has 1 aromatic carbocycles. The molecular weight excluding hydrogens is 220 g/mol. The molecule has 0 spiro atoms. The van der Waals surface area contributed by atoms with Crippen molar-refractivity contribution >= 4 is 0 Å². The number of methoxy groups -OCH3 is 1. The highest BCUT2D eigenvalue weighted by Crippen LogP contribution is 2.25. The van der Waals surface area contributed by atoms with Gasteiger partial charge in [-0.25, -0.2) is 0 Å². The lowest BCUT2D eigenvalue weighted by molar-refractivity contribution is 0.144. The quantitative estimate of drug-likeness (QED) is 0.706. The highest BCUT2D eigenvalue weighted by Gasteiger charge is 2.05. The molecule has 0 atom stereocenters. The SMILES string of the molecule is CCCOc1ccc(CO)c(OCCOC)c1. The van der Waals surface area contributed by atoms with Gasteiger partial charge in [0.25, 0.3) is 0 Å². The molecule has 1 N–H and O–H groups in total. The molecule has 0 fully saturated rings. The maximum Gasteiger partial charge on any atom is 0.128 e. The summed E-state index contributed by atoms with van der Waals surface area (Å²) in [6.07, 6.45) is 0.960. The predicted molar refractivity (Wildman–Crippen MR) is 65.5 cm³/mol. The van der Waals surface area contributed by atoms with Gasteiger partial charge < -0.3 is 19.3 Å². The number of rotatable bonds is 8. The van der Waals surface area contributed by atoms with Gasteiger partial charge in [0.15, 0.2) is 0 Å². The van der Waals surface area contributed by atoms with Gasteiger partial charge in [0, 0.05) is 18.7 Å². The normalized spacial score (nSPS) is 10.3. The first kappa shape index (κ1) is 13.8. The maximum atomic E-state index is 9.19. The van der Waals surface area contributed by atoms with Crippen LogP contribution in [0, 0.1) is 0 Å². The molecule has 0 unspecified atom stereocenters. The number of aliphatic hydroxyl groups is 1. The van der Waals surface area contributed by atoms with Gasteiger partial charge in [-0.2, -0.15) is 0 Å². The Kier molecular flexibility index (Phi) is 6.43. The molecule has 0 aliphatic rings. The van der Waals surface area contributed by atoms with E-state index in [0.29, 0.717) is 25.6 Å². The van der Waals surface area contributed by atoms with Crippen LogP contribution >= 0.6 is 0 Å². The Morgan fingerprint density at radius 2 is 1.94 bits per heavy atom. The minimum absolute atomic E-state index is 0.0453. The highest BCUT2D eigenvalue weighted by atomic mass is 16.5. The van der Waals surface area contributed by atoms with Crippen LogP contribution in [0.4, 0.5) is 0 Å². The van der Waals surface area contributed by atoms with E-state index in [4.69, 9.17) is 14.2 Å². The van der Waals surface area contributed by atoms with Gasteiger partial charge in [0.2, 0.25) is 0 Å². The lowest BCUT2D eigenvalue weighted by atomic mass is 10.2. The van der Waals surface area contributed by atoms with E-state index in [1.807, 2.05) is 12.1 Å². The molecule has 0 bridgehead atoms. The van der Waals surface area contributed by atoms with Gasteiger partial charge >= 0.3 is 0 Å². The van der Waals surface area contributed by atoms with E-state index in [-0.39, 0.29) is 6.61 Å². The Morgan fingerprint density at radius 3 is 2.59 bits per heavy atom. The molecule has 0 saturated heterocycles. The molecule has 0 amide bonds. The van der Waals surface area contributed by atoms with E-state index in [1.165, 1.54) is 0 Å². The molecule has 0 heterocycles. The van der Waals surface area contributed by atoms with E-state index in [2.05, 4.69) is 6.92 Å². The summed E-state index contributed by atoms with van der Waals surface area (Å²) >= 11 is 0. The van der Waals surface area contributed by atoms with E-state index in [1.54, 1.807) is 13.2 Å². The zero-order valence-corrected chi connectivity index (χ0v) is 10.4. The topological polar surface area (TPSA) is 47.9 Å². The summed E-state index contributed by atoms with van der Waals surface area (Å²) < 4.78 is 15.9. The molecule has 1 aromatic rings. The molecule has 0 saturated carbocycles. The van der Waals surface area contributed by atoms with E-state index >= 15 is 0 Å². The summed E-state index contributed by atoms with van der Waals surface area (Å²) in [7, 11) is 1.62. The van der Waals surface area contributed by atoms with Crippen molar-refractivity contribution in [2.45, 2.75) is 20.0 Å². The minimum Gasteiger partial charge on any atom is -0.493 e. The summed E-state index contributed by atoms with van der Waals surface area (Å²) in [5.74, 6) is 1.41. The lowest BCUT2D eigenvalue weighted by Crippen LogP contribution is -2.06. The first-order valence-corrected chi connectivity index (χ1v) is 5.80. The fraction of sp³-hybridized carbons (Fsp3) is 0.538. The van der Waals surface area contributed by atoms with Gasteiger partial charge in [-0.05, 0) is 18.6 Å². The molecule has 17 heavy (non-hydrogen) atoms. The van der Waals surface area contributed by atoms with Crippen LogP contribution in [0.2, 0.25) is 0 Å². The van der Waals surface area contributed by atoms with Crippen LogP contribution in [-0.4, -0.2) is 32.0 Å². The summed E-state index contributed by atoms with van der Waals surface area (Å²) in [4.78, 5) is 0. The highest BCUT2D eigenvalue weighted by molar-refractivity contribution is 5.40. The fourth-order valence-electron chi connectivity index (χ4n) is 1.34. The predicted octanol–water partition coefficient (Wildman–Crippen LogP) is 1.99. The molecule has 4 nitrogen and oxygen atoms in total. The van der Waals surface area contributed by atoms with Crippen molar-refractivity contribution in [3.63, 3.8) is 0 Å². The number of hydrogen-bond acceptors (Lipinski definition) is 4. The van der Waals surface area contributed by atoms with Crippen LogP contribution in [0.3, 0.4) is 0 Å². The third-order valence-corrected chi connectivity index (χ3v) is 2.23. The van der Waals surface area contributed by atoms with E-state index in [0.717, 1.165) is 17.7 Å². The van der Waals surface area contributed by atoms with Gasteiger partial charge in [-0.15, -0.1) is 0 Å². The fourth-order valence-corrected chi connectivity index (χ4v) is 1.34. The Balaban J connectivity index is 2.68. The molecule has 0 radical (unpaired) electrons. The Labute approximate surface area is 102 Å². The average Bonchev–Trinajstić information content (AvgIpc) is 2.37. The van der Waals surface area contributed by atoms with Gasteiger partial charge in [-0.1, -0.05) is 6.92 Å². The number of aliphatic hydroxyl groups excluding tert-OH is 1.